The molecule has 0 aliphatic carbocycles. The maximum Gasteiger partial charge on any atom is 0.148 e. The summed E-state index contributed by atoms with van der Waals surface area (Å²) in [6, 6.07) is 30.7. The highest BCUT2D eigenvalue weighted by Gasteiger charge is 2.20. The number of benzene rings is 1. The van der Waals surface area contributed by atoms with E-state index < -0.39 is 0 Å². The minimum absolute atomic E-state index is 0.00235. The van der Waals surface area contributed by atoms with Crippen LogP contribution in [0.5, 0.6) is 0 Å². The first kappa shape index (κ1) is 25.9. The Kier molecular flexibility index (Phi) is 7.47. The topological polar surface area (TPSA) is 171 Å². The van der Waals surface area contributed by atoms with E-state index in [1.54, 1.807) is 72.8 Å². The van der Waals surface area contributed by atoms with Crippen molar-refractivity contribution in [2.75, 3.05) is 0 Å². The van der Waals surface area contributed by atoms with Crippen molar-refractivity contribution in [3.05, 3.63) is 87.1 Å². The lowest BCUT2D eigenvalue weighted by atomic mass is 10.1. The van der Waals surface area contributed by atoms with E-state index in [-0.39, 0.29) is 22.3 Å². The molecule has 0 radical (unpaired) electrons. The Hall–Kier alpha value is -6.19. The molecule has 0 spiro atoms. The molecule has 0 unspecified atom stereocenters. The van der Waals surface area contributed by atoms with Gasteiger partial charge in [0.15, 0.2) is 0 Å². The van der Waals surface area contributed by atoms with E-state index in [0.29, 0.717) is 15.3 Å². The van der Waals surface area contributed by atoms with Gasteiger partial charge in [0.2, 0.25) is 0 Å². The number of hydrogen-bond acceptors (Lipinski definition) is 9. The van der Waals surface area contributed by atoms with Crippen molar-refractivity contribution in [1.82, 2.24) is 4.57 Å². The van der Waals surface area contributed by atoms with E-state index in [1.165, 1.54) is 22.7 Å². The van der Waals surface area contributed by atoms with Gasteiger partial charge in [-0.05, 0) is 60.7 Å². The molecule has 10 heteroatoms. The molecule has 0 aliphatic heterocycles. The summed E-state index contributed by atoms with van der Waals surface area (Å²) < 4.78 is 1.95. The number of nitriles is 7. The fourth-order valence-corrected chi connectivity index (χ4v) is 5.79. The monoisotopic (exact) mass is 534 g/mol. The van der Waals surface area contributed by atoms with Gasteiger partial charge >= 0.3 is 0 Å². The van der Waals surface area contributed by atoms with Crippen LogP contribution in [-0.4, -0.2) is 4.57 Å². The first-order chi connectivity index (χ1) is 19.0. The molecule has 39 heavy (non-hydrogen) atoms. The van der Waals surface area contributed by atoms with Crippen LogP contribution >= 0.6 is 22.7 Å². The van der Waals surface area contributed by atoms with Crippen molar-refractivity contribution in [2.45, 2.75) is 0 Å². The lowest BCUT2D eigenvalue weighted by Gasteiger charge is -2.12. The number of aromatic nitrogens is 1. The first-order valence-electron chi connectivity index (χ1n) is 10.9. The average molecular weight is 535 g/mol. The lowest BCUT2D eigenvalue weighted by Crippen LogP contribution is -1.98. The Balaban J connectivity index is 1.92. The van der Waals surface area contributed by atoms with Crippen LogP contribution < -0.4 is 0 Å². The van der Waals surface area contributed by atoms with Gasteiger partial charge in [0, 0.05) is 15.4 Å². The summed E-state index contributed by atoms with van der Waals surface area (Å²) in [5.74, 6) is 0. The number of nitrogens with zero attached hydrogens (tertiary/aromatic N) is 8. The van der Waals surface area contributed by atoms with Gasteiger partial charge in [-0.3, -0.25) is 0 Å². The molecule has 0 saturated carbocycles. The summed E-state index contributed by atoms with van der Waals surface area (Å²) >= 11 is 2.50. The molecular formula is C29H10N8S2. The van der Waals surface area contributed by atoms with Crippen LogP contribution in [0.1, 0.15) is 15.3 Å². The fourth-order valence-electron chi connectivity index (χ4n) is 3.75. The predicted octanol–water partition coefficient (Wildman–Crippen LogP) is 6.45. The highest BCUT2D eigenvalue weighted by atomic mass is 32.1. The van der Waals surface area contributed by atoms with Gasteiger partial charge in [0.25, 0.3) is 0 Å². The van der Waals surface area contributed by atoms with Crippen molar-refractivity contribution in [3.8, 4) is 69.3 Å². The lowest BCUT2D eigenvalue weighted by molar-refractivity contribution is 1.10. The molecule has 0 saturated heterocycles. The molecule has 0 atom stereocenters. The highest BCUT2D eigenvalue weighted by Crippen LogP contribution is 2.40. The Bertz CT molecular complexity index is 1830. The maximum atomic E-state index is 9.57. The summed E-state index contributed by atoms with van der Waals surface area (Å²) in [6.45, 7) is 0. The molecular weight excluding hydrogens is 525 g/mol. The fraction of sp³-hybridized carbons (Fsp3) is 0. The van der Waals surface area contributed by atoms with Crippen molar-refractivity contribution in [1.29, 1.82) is 36.8 Å². The Labute approximate surface area is 231 Å². The molecule has 0 fully saturated rings. The quantitative estimate of drug-likeness (QED) is 0.264. The number of rotatable bonds is 5. The zero-order chi connectivity index (χ0) is 27.9. The van der Waals surface area contributed by atoms with Crippen LogP contribution in [0.15, 0.2) is 71.8 Å². The minimum atomic E-state index is -0.268. The van der Waals surface area contributed by atoms with E-state index in [4.69, 9.17) is 0 Å². The average Bonchev–Trinajstić information content (AvgIpc) is 3.74. The van der Waals surface area contributed by atoms with Gasteiger partial charge in [-0.15, -0.1) is 22.7 Å². The SMILES string of the molecule is N#CC(C#N)=C(C#N)c1ccc(-c2ccc(-c3ccc(C(C#N)=C(C#N)C#N)s3)n2-c2ccc(C#N)cc2)s1. The van der Waals surface area contributed by atoms with Gasteiger partial charge in [0.05, 0.1) is 43.9 Å². The summed E-state index contributed by atoms with van der Waals surface area (Å²) in [5.41, 5.74) is 2.19. The number of thiophene rings is 2. The maximum absolute atomic E-state index is 9.57. The molecule has 3 aromatic heterocycles. The molecule has 0 amide bonds. The van der Waals surface area contributed by atoms with E-state index >= 15 is 0 Å². The van der Waals surface area contributed by atoms with Crippen molar-refractivity contribution < 1.29 is 0 Å². The van der Waals surface area contributed by atoms with Crippen LogP contribution in [0.3, 0.4) is 0 Å². The van der Waals surface area contributed by atoms with Crippen molar-refractivity contribution >= 4 is 33.8 Å². The summed E-state index contributed by atoms with van der Waals surface area (Å²) in [7, 11) is 0. The van der Waals surface area contributed by atoms with Crippen LogP contribution in [0.4, 0.5) is 0 Å². The molecule has 3 heterocycles. The van der Waals surface area contributed by atoms with Crippen LogP contribution in [0.25, 0.3) is 38.0 Å². The Morgan fingerprint density at radius 2 is 0.949 bits per heavy atom. The van der Waals surface area contributed by atoms with Gasteiger partial charge < -0.3 is 4.57 Å². The standard InChI is InChI=1S/C29H10N8S2/c30-11-18-1-3-21(4-2-18)37-24(28-9-7-26(38-28)22(16-35)19(12-31)13-32)5-6-25(37)29-10-8-27(39-29)23(17-36)20(14-33)15-34/h1-10H. The van der Waals surface area contributed by atoms with Crippen molar-refractivity contribution in [2.24, 2.45) is 0 Å². The van der Waals surface area contributed by atoms with Crippen LogP contribution in [-0.2, 0) is 0 Å². The third-order valence-electron chi connectivity index (χ3n) is 5.52. The van der Waals surface area contributed by atoms with Gasteiger partial charge in [-0.2, -0.15) is 36.8 Å². The largest absolute Gasteiger partial charge is 0.308 e. The first-order valence-corrected chi connectivity index (χ1v) is 12.5. The Morgan fingerprint density at radius 1 is 0.513 bits per heavy atom. The summed E-state index contributed by atoms with van der Waals surface area (Å²) in [4.78, 5) is 2.47. The molecule has 178 valence electrons. The number of allylic oxidation sites excluding steroid dienone is 4. The van der Waals surface area contributed by atoms with Crippen LogP contribution in [0, 0.1) is 79.3 Å². The zero-order valence-electron chi connectivity index (χ0n) is 19.7. The molecule has 1 aromatic carbocycles. The van der Waals surface area contributed by atoms with E-state index in [0.717, 1.165) is 26.8 Å². The third kappa shape index (κ3) is 4.79. The second-order valence-corrected chi connectivity index (χ2v) is 9.76. The highest BCUT2D eigenvalue weighted by molar-refractivity contribution is 7.17. The van der Waals surface area contributed by atoms with E-state index in [1.807, 2.05) is 28.8 Å². The second-order valence-electron chi connectivity index (χ2n) is 7.60. The summed E-state index contributed by atoms with van der Waals surface area (Å²) in [5, 5.41) is 65.3. The second kappa shape index (κ2) is 11.2. The van der Waals surface area contributed by atoms with Gasteiger partial charge in [0.1, 0.15) is 47.6 Å². The third-order valence-corrected chi connectivity index (χ3v) is 7.77. The molecule has 0 bridgehead atoms. The minimum Gasteiger partial charge on any atom is -0.308 e. The molecule has 0 N–H and O–H groups in total. The predicted molar refractivity (Wildman–Crippen MR) is 145 cm³/mol. The molecule has 4 aromatic rings. The molecule has 4 rings (SSSR count). The van der Waals surface area contributed by atoms with Crippen molar-refractivity contribution in [3.63, 3.8) is 0 Å². The number of hydrogen-bond donors (Lipinski definition) is 0. The van der Waals surface area contributed by atoms with Gasteiger partial charge in [-0.1, -0.05) is 0 Å². The normalized spacial score (nSPS) is 9.36. The smallest absolute Gasteiger partial charge is 0.148 e. The van der Waals surface area contributed by atoms with Crippen LogP contribution in [0.2, 0.25) is 0 Å². The van der Waals surface area contributed by atoms with E-state index in [2.05, 4.69) is 6.07 Å². The van der Waals surface area contributed by atoms with E-state index in [9.17, 15) is 36.8 Å². The zero-order valence-corrected chi connectivity index (χ0v) is 21.3. The Morgan fingerprint density at radius 3 is 1.31 bits per heavy atom. The molecule has 0 aliphatic rings. The summed E-state index contributed by atoms with van der Waals surface area (Å²) in [6.07, 6.45) is 0. The van der Waals surface area contributed by atoms with Gasteiger partial charge in [-0.25, -0.2) is 0 Å². The molecule has 8 nitrogen and oxygen atoms in total.